The number of carbonyl (C=O) groups is 1. The second-order valence-corrected chi connectivity index (χ2v) is 5.43. The summed E-state index contributed by atoms with van der Waals surface area (Å²) in [5.41, 5.74) is 9.44. The molecule has 1 aromatic rings. The molecule has 1 aliphatic heterocycles. The van der Waals surface area contributed by atoms with E-state index in [1.807, 2.05) is 0 Å². The third-order valence-corrected chi connectivity index (χ3v) is 4.17. The van der Waals surface area contributed by atoms with Crippen LogP contribution in [0, 0.1) is 13.8 Å². The first-order valence-corrected chi connectivity index (χ1v) is 7.20. The lowest BCUT2D eigenvalue weighted by Gasteiger charge is -2.27. The van der Waals surface area contributed by atoms with E-state index in [2.05, 4.69) is 36.9 Å². The van der Waals surface area contributed by atoms with E-state index in [1.165, 1.54) is 16.7 Å². The quantitative estimate of drug-likeness (QED) is 0.928. The maximum Gasteiger partial charge on any atom is 0.223 e. The fourth-order valence-electron chi connectivity index (χ4n) is 2.92. The van der Waals surface area contributed by atoms with E-state index in [4.69, 9.17) is 5.73 Å². The molecule has 112 valence electrons. The molecule has 1 unspecified atom stereocenters. The number of nitrogens with two attached hydrogens (primary N) is 1. The van der Waals surface area contributed by atoms with Crippen LogP contribution in [0.1, 0.15) is 48.4 Å². The lowest BCUT2D eigenvalue weighted by atomic mass is 9.96. The van der Waals surface area contributed by atoms with E-state index in [1.54, 1.807) is 0 Å². The van der Waals surface area contributed by atoms with Gasteiger partial charge in [0.1, 0.15) is 0 Å². The number of hydrogen-bond acceptors (Lipinski definition) is 2. The Morgan fingerprint density at radius 1 is 1.40 bits per heavy atom. The summed E-state index contributed by atoms with van der Waals surface area (Å²) >= 11 is 0. The van der Waals surface area contributed by atoms with Gasteiger partial charge in [-0.25, -0.2) is 0 Å². The van der Waals surface area contributed by atoms with Gasteiger partial charge in [0.05, 0.1) is 6.04 Å². The highest BCUT2D eigenvalue weighted by molar-refractivity contribution is 5.85. The fourth-order valence-corrected chi connectivity index (χ4v) is 2.92. The maximum atomic E-state index is 12.3. The number of rotatable bonds is 4. The molecule has 0 aromatic heterocycles. The molecule has 1 aliphatic rings. The Labute approximate surface area is 127 Å². The number of amides is 1. The van der Waals surface area contributed by atoms with Crippen molar-refractivity contribution in [1.29, 1.82) is 0 Å². The summed E-state index contributed by atoms with van der Waals surface area (Å²) in [4.78, 5) is 14.3. The topological polar surface area (TPSA) is 46.3 Å². The second kappa shape index (κ2) is 7.65. The molecular formula is C16H25ClN2O. The van der Waals surface area contributed by atoms with Gasteiger partial charge >= 0.3 is 0 Å². The van der Waals surface area contributed by atoms with Gasteiger partial charge in [0.2, 0.25) is 5.91 Å². The summed E-state index contributed by atoms with van der Waals surface area (Å²) in [5, 5.41) is 0. The number of benzene rings is 1. The summed E-state index contributed by atoms with van der Waals surface area (Å²) in [7, 11) is 0. The normalized spacial score (nSPS) is 17.9. The first kappa shape index (κ1) is 17.0. The number of likely N-dealkylation sites (tertiary alicyclic amines) is 1. The van der Waals surface area contributed by atoms with Crippen molar-refractivity contribution in [1.82, 2.24) is 4.90 Å². The van der Waals surface area contributed by atoms with Gasteiger partial charge in [-0.15, -0.1) is 12.4 Å². The SMILES string of the molecule is Cc1cccc(C2CCCN2C(=O)CCCN)c1C.Cl. The van der Waals surface area contributed by atoms with Crippen LogP contribution in [-0.2, 0) is 4.79 Å². The monoisotopic (exact) mass is 296 g/mol. The molecule has 1 saturated heterocycles. The molecule has 0 bridgehead atoms. The van der Waals surface area contributed by atoms with Crippen molar-refractivity contribution >= 4 is 18.3 Å². The molecule has 1 amide bonds. The van der Waals surface area contributed by atoms with Crippen molar-refractivity contribution < 1.29 is 4.79 Å². The molecule has 1 heterocycles. The molecule has 2 N–H and O–H groups in total. The van der Waals surface area contributed by atoms with Crippen LogP contribution in [0.3, 0.4) is 0 Å². The third kappa shape index (κ3) is 3.53. The molecule has 0 saturated carbocycles. The van der Waals surface area contributed by atoms with E-state index >= 15 is 0 Å². The van der Waals surface area contributed by atoms with Crippen molar-refractivity contribution in [2.75, 3.05) is 13.1 Å². The average molecular weight is 297 g/mol. The lowest BCUT2D eigenvalue weighted by Crippen LogP contribution is -2.31. The number of hydrogen-bond donors (Lipinski definition) is 1. The summed E-state index contributed by atoms with van der Waals surface area (Å²) < 4.78 is 0. The van der Waals surface area contributed by atoms with Gasteiger partial charge in [-0.2, -0.15) is 0 Å². The van der Waals surface area contributed by atoms with Gasteiger partial charge in [0.25, 0.3) is 0 Å². The van der Waals surface area contributed by atoms with Crippen molar-refractivity contribution in [3.8, 4) is 0 Å². The minimum absolute atomic E-state index is 0. The van der Waals surface area contributed by atoms with Gasteiger partial charge in [0.15, 0.2) is 0 Å². The molecule has 3 nitrogen and oxygen atoms in total. The van der Waals surface area contributed by atoms with Gasteiger partial charge in [-0.05, 0) is 56.3 Å². The van der Waals surface area contributed by atoms with E-state index < -0.39 is 0 Å². The Kier molecular flexibility index (Phi) is 6.50. The minimum Gasteiger partial charge on any atom is -0.336 e. The summed E-state index contributed by atoms with van der Waals surface area (Å²) in [6.45, 7) is 5.77. The molecule has 2 rings (SSSR count). The average Bonchev–Trinajstić information content (AvgIpc) is 2.88. The molecule has 0 spiro atoms. The Morgan fingerprint density at radius 2 is 2.15 bits per heavy atom. The Bertz CT molecular complexity index is 462. The van der Waals surface area contributed by atoms with Crippen LogP contribution in [0.5, 0.6) is 0 Å². The fraction of sp³-hybridized carbons (Fsp3) is 0.562. The van der Waals surface area contributed by atoms with E-state index in [9.17, 15) is 4.79 Å². The number of aryl methyl sites for hydroxylation is 1. The van der Waals surface area contributed by atoms with Crippen molar-refractivity contribution in [3.05, 3.63) is 34.9 Å². The highest BCUT2D eigenvalue weighted by Gasteiger charge is 2.30. The third-order valence-electron chi connectivity index (χ3n) is 4.17. The van der Waals surface area contributed by atoms with Crippen LogP contribution in [0.15, 0.2) is 18.2 Å². The van der Waals surface area contributed by atoms with Crippen molar-refractivity contribution in [3.63, 3.8) is 0 Å². The number of nitrogens with zero attached hydrogens (tertiary/aromatic N) is 1. The van der Waals surface area contributed by atoms with Crippen LogP contribution in [-0.4, -0.2) is 23.9 Å². The van der Waals surface area contributed by atoms with Gasteiger partial charge < -0.3 is 10.6 Å². The standard InChI is InChI=1S/C16H24N2O.ClH/c1-12-6-3-7-14(13(12)2)15-8-5-11-18(15)16(19)9-4-10-17;/h3,6-7,15H,4-5,8-11,17H2,1-2H3;1H. The molecule has 4 heteroatoms. The first-order chi connectivity index (χ1) is 9.15. The molecule has 0 radical (unpaired) electrons. The maximum absolute atomic E-state index is 12.3. The molecular weight excluding hydrogens is 272 g/mol. The predicted molar refractivity (Wildman–Crippen MR) is 85.1 cm³/mol. The zero-order valence-electron chi connectivity index (χ0n) is 12.4. The second-order valence-electron chi connectivity index (χ2n) is 5.43. The van der Waals surface area contributed by atoms with Crippen LogP contribution < -0.4 is 5.73 Å². The van der Waals surface area contributed by atoms with Crippen LogP contribution >= 0.6 is 12.4 Å². The Hall–Kier alpha value is -1.06. The molecule has 1 atom stereocenters. The zero-order valence-corrected chi connectivity index (χ0v) is 13.2. The van der Waals surface area contributed by atoms with E-state index in [-0.39, 0.29) is 24.4 Å². The lowest BCUT2D eigenvalue weighted by molar-refractivity contribution is -0.132. The largest absolute Gasteiger partial charge is 0.336 e. The summed E-state index contributed by atoms with van der Waals surface area (Å²) in [6.07, 6.45) is 3.55. The highest BCUT2D eigenvalue weighted by Crippen LogP contribution is 2.34. The summed E-state index contributed by atoms with van der Waals surface area (Å²) in [5.74, 6) is 0.258. The van der Waals surface area contributed by atoms with Gasteiger partial charge in [-0.1, -0.05) is 18.2 Å². The summed E-state index contributed by atoms with van der Waals surface area (Å²) in [6, 6.07) is 6.67. The molecule has 1 aromatic carbocycles. The highest BCUT2D eigenvalue weighted by atomic mass is 35.5. The van der Waals surface area contributed by atoms with Crippen LogP contribution in [0.25, 0.3) is 0 Å². The van der Waals surface area contributed by atoms with E-state index in [0.29, 0.717) is 13.0 Å². The minimum atomic E-state index is 0. The van der Waals surface area contributed by atoms with Crippen LogP contribution in [0.4, 0.5) is 0 Å². The van der Waals surface area contributed by atoms with Gasteiger partial charge in [0, 0.05) is 13.0 Å². The Balaban J connectivity index is 0.00000200. The van der Waals surface area contributed by atoms with Crippen molar-refractivity contribution in [2.45, 2.75) is 45.6 Å². The zero-order chi connectivity index (χ0) is 13.8. The molecule has 1 fully saturated rings. The number of halogens is 1. The first-order valence-electron chi connectivity index (χ1n) is 7.20. The van der Waals surface area contributed by atoms with Gasteiger partial charge in [-0.3, -0.25) is 4.79 Å². The Morgan fingerprint density at radius 3 is 2.85 bits per heavy atom. The number of carbonyl (C=O) groups excluding carboxylic acids is 1. The van der Waals surface area contributed by atoms with E-state index in [0.717, 1.165) is 25.8 Å². The van der Waals surface area contributed by atoms with Crippen LogP contribution in [0.2, 0.25) is 0 Å². The molecule has 0 aliphatic carbocycles. The predicted octanol–water partition coefficient (Wildman–Crippen LogP) is 3.13. The molecule has 20 heavy (non-hydrogen) atoms. The smallest absolute Gasteiger partial charge is 0.223 e. The van der Waals surface area contributed by atoms with Crippen molar-refractivity contribution in [2.24, 2.45) is 5.73 Å².